The number of amides is 1. The molecule has 1 saturated carbocycles. The second-order valence-electron chi connectivity index (χ2n) is 5.70. The Morgan fingerprint density at radius 1 is 1.24 bits per heavy atom. The molecule has 1 saturated heterocycles. The van der Waals surface area contributed by atoms with Gasteiger partial charge in [-0.15, -0.1) is 0 Å². The van der Waals surface area contributed by atoms with Crippen LogP contribution in [0.1, 0.15) is 32.1 Å². The zero-order valence-corrected chi connectivity index (χ0v) is 12.0. The van der Waals surface area contributed by atoms with Crippen LogP contribution in [0.5, 0.6) is 5.88 Å². The van der Waals surface area contributed by atoms with Gasteiger partial charge in [-0.05, 0) is 32.1 Å². The molecule has 0 radical (unpaired) electrons. The molecular weight excluding hydrogens is 270 g/mol. The Labute approximate surface area is 124 Å². The molecule has 1 N–H and O–H groups in total. The topological polar surface area (TPSA) is 73.3 Å². The van der Waals surface area contributed by atoms with Crippen molar-refractivity contribution in [3.8, 4) is 5.88 Å². The Morgan fingerprint density at radius 2 is 2.10 bits per heavy atom. The van der Waals surface area contributed by atoms with Crippen LogP contribution < -0.4 is 10.1 Å². The summed E-state index contributed by atoms with van der Waals surface area (Å²) in [5.74, 6) is 0.762. The second-order valence-corrected chi connectivity index (χ2v) is 5.70. The van der Waals surface area contributed by atoms with Crippen LogP contribution in [0.2, 0.25) is 0 Å². The molecule has 2 heterocycles. The lowest BCUT2D eigenvalue weighted by Gasteiger charge is -2.29. The van der Waals surface area contributed by atoms with Crippen LogP contribution in [0.4, 0.5) is 0 Å². The standard InChI is InChI=1S/C15H21N3O3/c19-15(11-5-8-20-10-11)18-12-1-3-13(4-2-12)21-14-9-16-6-7-17-14/h6-7,9,11-13H,1-5,8,10H2,(H,18,19). The van der Waals surface area contributed by atoms with Gasteiger partial charge in [0.2, 0.25) is 11.8 Å². The van der Waals surface area contributed by atoms with E-state index in [1.807, 2.05) is 0 Å². The van der Waals surface area contributed by atoms with E-state index in [-0.39, 0.29) is 24.0 Å². The van der Waals surface area contributed by atoms with E-state index in [0.717, 1.165) is 32.1 Å². The molecule has 1 aromatic rings. The fraction of sp³-hybridized carbons (Fsp3) is 0.667. The summed E-state index contributed by atoms with van der Waals surface area (Å²) in [5, 5.41) is 3.14. The molecule has 0 spiro atoms. The molecule has 1 unspecified atom stereocenters. The number of rotatable bonds is 4. The van der Waals surface area contributed by atoms with E-state index in [9.17, 15) is 4.79 Å². The molecule has 3 rings (SSSR count). The third kappa shape index (κ3) is 3.91. The van der Waals surface area contributed by atoms with Crippen LogP contribution in [-0.2, 0) is 9.53 Å². The predicted octanol–water partition coefficient (Wildman–Crippen LogP) is 1.32. The average molecular weight is 291 g/mol. The summed E-state index contributed by atoms with van der Waals surface area (Å²) in [6.45, 7) is 1.27. The monoisotopic (exact) mass is 291 g/mol. The van der Waals surface area contributed by atoms with Crippen LogP contribution in [0.15, 0.2) is 18.6 Å². The maximum Gasteiger partial charge on any atom is 0.232 e. The Bertz CT molecular complexity index is 454. The zero-order chi connectivity index (χ0) is 14.5. The van der Waals surface area contributed by atoms with Gasteiger partial charge < -0.3 is 14.8 Å². The average Bonchev–Trinajstić information content (AvgIpc) is 3.05. The van der Waals surface area contributed by atoms with Gasteiger partial charge in [0.1, 0.15) is 6.10 Å². The van der Waals surface area contributed by atoms with Crippen molar-refractivity contribution in [1.82, 2.24) is 15.3 Å². The molecule has 1 aliphatic carbocycles. The Kier molecular flexibility index (Phi) is 4.65. The first-order chi connectivity index (χ1) is 10.3. The molecular formula is C15H21N3O3. The number of ether oxygens (including phenoxy) is 2. The first kappa shape index (κ1) is 14.3. The molecule has 1 aliphatic heterocycles. The maximum absolute atomic E-state index is 12.0. The van der Waals surface area contributed by atoms with Crippen LogP contribution in [0.3, 0.4) is 0 Å². The molecule has 1 aromatic heterocycles. The Balaban J connectivity index is 1.41. The first-order valence-corrected chi connectivity index (χ1v) is 7.62. The molecule has 0 aromatic carbocycles. The van der Waals surface area contributed by atoms with Crippen molar-refractivity contribution in [3.63, 3.8) is 0 Å². The number of carbonyl (C=O) groups excluding carboxylic acids is 1. The van der Waals surface area contributed by atoms with E-state index in [1.165, 1.54) is 0 Å². The van der Waals surface area contributed by atoms with Crippen molar-refractivity contribution in [1.29, 1.82) is 0 Å². The van der Waals surface area contributed by atoms with Crippen molar-refractivity contribution >= 4 is 5.91 Å². The Hall–Kier alpha value is -1.69. The van der Waals surface area contributed by atoms with E-state index in [4.69, 9.17) is 9.47 Å². The van der Waals surface area contributed by atoms with E-state index in [0.29, 0.717) is 19.1 Å². The number of hydrogen-bond acceptors (Lipinski definition) is 5. The van der Waals surface area contributed by atoms with Crippen LogP contribution in [-0.4, -0.2) is 41.2 Å². The lowest BCUT2D eigenvalue weighted by Crippen LogP contribution is -2.42. The number of nitrogens with zero attached hydrogens (tertiary/aromatic N) is 2. The lowest BCUT2D eigenvalue weighted by atomic mass is 9.92. The van der Waals surface area contributed by atoms with Gasteiger partial charge in [-0.3, -0.25) is 9.78 Å². The van der Waals surface area contributed by atoms with Crippen molar-refractivity contribution in [2.75, 3.05) is 13.2 Å². The third-order valence-corrected chi connectivity index (χ3v) is 4.15. The molecule has 2 fully saturated rings. The summed E-state index contributed by atoms with van der Waals surface area (Å²) in [6.07, 6.45) is 9.67. The van der Waals surface area contributed by atoms with Gasteiger partial charge in [0.25, 0.3) is 0 Å². The summed E-state index contributed by atoms with van der Waals surface area (Å²) in [4.78, 5) is 20.2. The quantitative estimate of drug-likeness (QED) is 0.905. The minimum atomic E-state index is 0.0403. The van der Waals surface area contributed by atoms with E-state index >= 15 is 0 Å². The summed E-state index contributed by atoms with van der Waals surface area (Å²) >= 11 is 0. The van der Waals surface area contributed by atoms with Crippen LogP contribution in [0, 0.1) is 5.92 Å². The number of nitrogens with one attached hydrogen (secondary N) is 1. The highest BCUT2D eigenvalue weighted by Crippen LogP contribution is 2.23. The molecule has 1 atom stereocenters. The summed E-state index contributed by atoms with van der Waals surface area (Å²) < 4.78 is 11.1. The predicted molar refractivity (Wildman–Crippen MR) is 75.8 cm³/mol. The third-order valence-electron chi connectivity index (χ3n) is 4.15. The highest BCUT2D eigenvalue weighted by molar-refractivity contribution is 5.79. The largest absolute Gasteiger partial charge is 0.473 e. The molecule has 2 aliphatic rings. The van der Waals surface area contributed by atoms with Gasteiger partial charge in [0.05, 0.1) is 18.7 Å². The van der Waals surface area contributed by atoms with Crippen molar-refractivity contribution < 1.29 is 14.3 Å². The molecule has 21 heavy (non-hydrogen) atoms. The fourth-order valence-electron chi connectivity index (χ4n) is 2.90. The van der Waals surface area contributed by atoms with Crippen molar-refractivity contribution in [3.05, 3.63) is 18.6 Å². The Morgan fingerprint density at radius 3 is 2.76 bits per heavy atom. The van der Waals surface area contributed by atoms with Crippen molar-refractivity contribution in [2.45, 2.75) is 44.2 Å². The van der Waals surface area contributed by atoms with E-state index in [2.05, 4.69) is 15.3 Å². The van der Waals surface area contributed by atoms with Gasteiger partial charge >= 0.3 is 0 Å². The number of hydrogen-bond donors (Lipinski definition) is 1. The van der Waals surface area contributed by atoms with E-state index in [1.54, 1.807) is 18.6 Å². The van der Waals surface area contributed by atoms with Crippen LogP contribution in [0.25, 0.3) is 0 Å². The normalized spacial score (nSPS) is 29.0. The second kappa shape index (κ2) is 6.85. The van der Waals surface area contributed by atoms with Gasteiger partial charge in [-0.25, -0.2) is 4.98 Å². The molecule has 1 amide bonds. The summed E-state index contributed by atoms with van der Waals surface area (Å²) in [7, 11) is 0. The smallest absolute Gasteiger partial charge is 0.232 e. The lowest BCUT2D eigenvalue weighted by molar-refractivity contribution is -0.126. The molecule has 0 bridgehead atoms. The minimum absolute atomic E-state index is 0.0403. The van der Waals surface area contributed by atoms with E-state index < -0.39 is 0 Å². The van der Waals surface area contributed by atoms with Gasteiger partial charge in [0, 0.05) is 25.0 Å². The van der Waals surface area contributed by atoms with Crippen molar-refractivity contribution in [2.24, 2.45) is 5.92 Å². The van der Waals surface area contributed by atoms with Gasteiger partial charge in [-0.2, -0.15) is 0 Å². The first-order valence-electron chi connectivity index (χ1n) is 7.62. The number of aromatic nitrogens is 2. The molecule has 6 heteroatoms. The highest BCUT2D eigenvalue weighted by atomic mass is 16.5. The fourth-order valence-corrected chi connectivity index (χ4v) is 2.90. The molecule has 6 nitrogen and oxygen atoms in total. The maximum atomic E-state index is 12.0. The van der Waals surface area contributed by atoms with Gasteiger partial charge in [-0.1, -0.05) is 0 Å². The number of carbonyl (C=O) groups is 1. The van der Waals surface area contributed by atoms with Crippen LogP contribution >= 0.6 is 0 Å². The zero-order valence-electron chi connectivity index (χ0n) is 12.0. The SMILES string of the molecule is O=C(NC1CCC(Oc2cnccn2)CC1)C1CCOC1. The summed E-state index contributed by atoms with van der Waals surface area (Å²) in [5.41, 5.74) is 0. The van der Waals surface area contributed by atoms with Gasteiger partial charge in [0.15, 0.2) is 0 Å². The molecule has 114 valence electrons. The highest BCUT2D eigenvalue weighted by Gasteiger charge is 2.28. The minimum Gasteiger partial charge on any atom is -0.473 e. The summed E-state index contributed by atoms with van der Waals surface area (Å²) in [6, 6.07) is 0.264.